The number of carbonyl (C=O) groups excluding carboxylic acids is 1. The van der Waals surface area contributed by atoms with E-state index in [-0.39, 0.29) is 28.6 Å². The van der Waals surface area contributed by atoms with E-state index in [9.17, 15) is 13.2 Å². The van der Waals surface area contributed by atoms with Crippen LogP contribution < -0.4 is 9.46 Å². The van der Waals surface area contributed by atoms with Crippen LogP contribution in [0.2, 0.25) is 0 Å². The highest BCUT2D eigenvalue weighted by Crippen LogP contribution is 2.43. The molecule has 1 atom stereocenters. The van der Waals surface area contributed by atoms with Crippen LogP contribution >= 0.6 is 0 Å². The third-order valence-corrected chi connectivity index (χ3v) is 8.02. The highest BCUT2D eigenvalue weighted by Gasteiger charge is 2.41. The van der Waals surface area contributed by atoms with Gasteiger partial charge in [0, 0.05) is 17.3 Å². The van der Waals surface area contributed by atoms with Crippen molar-refractivity contribution < 1.29 is 17.9 Å². The molecule has 2 aliphatic rings. The van der Waals surface area contributed by atoms with Crippen molar-refractivity contribution >= 4 is 21.6 Å². The Bertz CT molecular complexity index is 1330. The summed E-state index contributed by atoms with van der Waals surface area (Å²) in [6, 6.07) is 20.2. The van der Waals surface area contributed by atoms with Gasteiger partial charge in [0.15, 0.2) is 0 Å². The van der Waals surface area contributed by atoms with Gasteiger partial charge in [-0.05, 0) is 74.1 Å². The van der Waals surface area contributed by atoms with Crippen molar-refractivity contribution in [3.8, 4) is 5.75 Å². The lowest BCUT2D eigenvalue weighted by Gasteiger charge is -2.30. The molecule has 5 rings (SSSR count). The number of methoxy groups -OCH3 is 1. The van der Waals surface area contributed by atoms with Gasteiger partial charge in [0.05, 0.1) is 13.2 Å². The molecule has 176 valence electrons. The van der Waals surface area contributed by atoms with Gasteiger partial charge in [-0.2, -0.15) is 0 Å². The Kier molecular flexibility index (Phi) is 5.81. The van der Waals surface area contributed by atoms with E-state index in [4.69, 9.17) is 4.74 Å². The molecule has 1 unspecified atom stereocenters. The van der Waals surface area contributed by atoms with Gasteiger partial charge in [-0.15, -0.1) is 0 Å². The Balaban J connectivity index is 1.49. The molecule has 1 amide bonds. The number of nitrogens with zero attached hydrogens (tertiary/aromatic N) is 1. The predicted molar refractivity (Wildman–Crippen MR) is 132 cm³/mol. The summed E-state index contributed by atoms with van der Waals surface area (Å²) in [4.78, 5) is 15.7. The van der Waals surface area contributed by atoms with Gasteiger partial charge in [-0.25, -0.2) is 8.42 Å². The number of hydrogen-bond donors (Lipinski definition) is 1. The molecule has 0 saturated heterocycles. The van der Waals surface area contributed by atoms with Crippen LogP contribution in [0.3, 0.4) is 0 Å². The Labute approximate surface area is 200 Å². The van der Waals surface area contributed by atoms with Gasteiger partial charge in [0.2, 0.25) is 0 Å². The minimum atomic E-state index is -3.97. The number of hydrogen-bond acceptors (Lipinski definition) is 4. The summed E-state index contributed by atoms with van der Waals surface area (Å²) >= 11 is 0. The number of nitrogens with one attached hydrogen (secondary N) is 1. The van der Waals surface area contributed by atoms with Crippen molar-refractivity contribution in [2.75, 3.05) is 11.8 Å². The highest BCUT2D eigenvalue weighted by molar-refractivity contribution is 7.92. The minimum absolute atomic E-state index is 0.0176. The molecule has 1 N–H and O–H groups in total. The Hall–Kier alpha value is -3.32. The number of anilines is 1. The number of fused-ring (bicyclic) bond motifs is 1. The number of benzene rings is 3. The quantitative estimate of drug-likeness (QED) is 0.515. The van der Waals surface area contributed by atoms with Crippen molar-refractivity contribution in [1.82, 2.24) is 4.90 Å². The lowest BCUT2D eigenvalue weighted by Crippen LogP contribution is -2.36. The van der Waals surface area contributed by atoms with Crippen LogP contribution in [0.15, 0.2) is 71.6 Å². The van der Waals surface area contributed by atoms with Crippen molar-refractivity contribution in [3.63, 3.8) is 0 Å². The molecular weight excluding hydrogens is 448 g/mol. The number of rotatable bonds is 7. The van der Waals surface area contributed by atoms with Crippen LogP contribution in [0.5, 0.6) is 5.75 Å². The normalized spacial score (nSPS) is 17.2. The zero-order valence-corrected chi connectivity index (χ0v) is 20.1. The van der Waals surface area contributed by atoms with E-state index in [1.807, 2.05) is 36.1 Å². The molecule has 0 radical (unpaired) electrons. The second kappa shape index (κ2) is 8.80. The summed E-state index contributed by atoms with van der Waals surface area (Å²) in [5, 5.41) is 0. The molecule has 3 aromatic carbocycles. The first-order valence-electron chi connectivity index (χ1n) is 11.6. The predicted octanol–water partition coefficient (Wildman–Crippen LogP) is 5.10. The maximum Gasteiger partial charge on any atom is 0.265 e. The summed E-state index contributed by atoms with van der Waals surface area (Å²) in [5.74, 6) is 0.0546. The summed E-state index contributed by atoms with van der Waals surface area (Å²) in [5.41, 5.74) is 4.31. The third-order valence-electron chi connectivity index (χ3n) is 6.62. The van der Waals surface area contributed by atoms with E-state index in [2.05, 4.69) is 16.9 Å². The number of amides is 1. The van der Waals surface area contributed by atoms with Crippen LogP contribution in [-0.2, 0) is 16.4 Å². The lowest BCUT2D eigenvalue weighted by atomic mass is 10.1. The van der Waals surface area contributed by atoms with Crippen molar-refractivity contribution in [2.45, 2.75) is 49.6 Å². The topological polar surface area (TPSA) is 75.7 Å². The number of ether oxygens (including phenoxy) is 1. The second-order valence-electron chi connectivity index (χ2n) is 9.03. The van der Waals surface area contributed by atoms with E-state index >= 15 is 0 Å². The molecular formula is C27H28N2O4S. The molecule has 6 nitrogen and oxygen atoms in total. The fourth-order valence-electron chi connectivity index (χ4n) is 4.74. The smallest absolute Gasteiger partial charge is 0.265 e. The van der Waals surface area contributed by atoms with Gasteiger partial charge in [0.25, 0.3) is 15.9 Å². The first-order chi connectivity index (χ1) is 16.4. The van der Waals surface area contributed by atoms with Crippen molar-refractivity contribution in [3.05, 3.63) is 89.0 Å². The summed E-state index contributed by atoms with van der Waals surface area (Å²) in [7, 11) is -2.54. The molecule has 0 heterocycles. The van der Waals surface area contributed by atoms with Gasteiger partial charge < -0.3 is 9.64 Å². The SMILES string of the molecule is COc1ccc(C(=O)N(C2CC2)C2CCc3ccccc32)cc1S(=O)(=O)Nc1ccc(C)cc1. The largest absolute Gasteiger partial charge is 0.495 e. The zero-order chi connectivity index (χ0) is 23.9. The van der Waals surface area contributed by atoms with E-state index in [1.54, 1.807) is 24.3 Å². The average Bonchev–Trinajstić information content (AvgIpc) is 3.59. The summed E-state index contributed by atoms with van der Waals surface area (Å²) < 4.78 is 34.5. The van der Waals surface area contributed by atoms with E-state index < -0.39 is 10.0 Å². The van der Waals surface area contributed by atoms with Gasteiger partial charge in [0.1, 0.15) is 10.6 Å². The lowest BCUT2D eigenvalue weighted by molar-refractivity contribution is 0.0658. The maximum atomic E-state index is 13.8. The first-order valence-corrected chi connectivity index (χ1v) is 13.0. The Morgan fingerprint density at radius 2 is 1.74 bits per heavy atom. The van der Waals surface area contributed by atoms with Crippen molar-refractivity contribution in [2.24, 2.45) is 0 Å². The number of sulfonamides is 1. The van der Waals surface area contributed by atoms with E-state index in [0.29, 0.717) is 11.3 Å². The van der Waals surface area contributed by atoms with Crippen LogP contribution in [0, 0.1) is 6.92 Å². The number of aryl methyl sites for hydroxylation is 2. The molecule has 7 heteroatoms. The maximum absolute atomic E-state index is 13.8. The zero-order valence-electron chi connectivity index (χ0n) is 19.3. The van der Waals surface area contributed by atoms with Crippen molar-refractivity contribution in [1.29, 1.82) is 0 Å². The van der Waals surface area contributed by atoms with Gasteiger partial charge in [-0.1, -0.05) is 42.0 Å². The molecule has 0 aromatic heterocycles. The first kappa shape index (κ1) is 22.5. The minimum Gasteiger partial charge on any atom is -0.495 e. The summed E-state index contributed by atoms with van der Waals surface area (Å²) in [6.07, 6.45) is 3.78. The highest BCUT2D eigenvalue weighted by atomic mass is 32.2. The third kappa shape index (κ3) is 4.28. The van der Waals surface area contributed by atoms with Gasteiger partial charge >= 0.3 is 0 Å². The van der Waals surface area contributed by atoms with E-state index in [1.165, 1.54) is 24.3 Å². The Morgan fingerprint density at radius 1 is 1.00 bits per heavy atom. The molecule has 2 aliphatic carbocycles. The molecule has 3 aromatic rings. The summed E-state index contributed by atoms with van der Waals surface area (Å²) in [6.45, 7) is 1.94. The standard InChI is InChI=1S/C27H28N2O4S/c1-18-7-11-21(12-8-18)28-34(31,32)26-17-20(10-16-25(26)33-2)27(30)29(22-13-14-22)24-15-9-19-5-3-4-6-23(19)24/h3-8,10-12,16-17,22,24,28H,9,13-15H2,1-2H3. The number of carbonyl (C=O) groups is 1. The molecule has 0 aliphatic heterocycles. The van der Waals surface area contributed by atoms with E-state index in [0.717, 1.165) is 31.2 Å². The monoisotopic (exact) mass is 476 g/mol. The van der Waals surface area contributed by atoms with Crippen LogP contribution in [0.4, 0.5) is 5.69 Å². The fraction of sp³-hybridized carbons (Fsp3) is 0.296. The molecule has 1 fully saturated rings. The molecule has 0 bridgehead atoms. The Morgan fingerprint density at radius 3 is 2.44 bits per heavy atom. The molecule has 1 saturated carbocycles. The second-order valence-corrected chi connectivity index (χ2v) is 10.7. The van der Waals surface area contributed by atoms with Crippen LogP contribution in [-0.4, -0.2) is 32.4 Å². The molecule has 34 heavy (non-hydrogen) atoms. The van der Waals surface area contributed by atoms with Crippen LogP contribution in [0.1, 0.15) is 52.4 Å². The van der Waals surface area contributed by atoms with Gasteiger partial charge in [-0.3, -0.25) is 9.52 Å². The fourth-order valence-corrected chi connectivity index (χ4v) is 5.99. The average molecular weight is 477 g/mol. The van der Waals surface area contributed by atoms with Crippen LogP contribution in [0.25, 0.3) is 0 Å². The molecule has 0 spiro atoms.